The summed E-state index contributed by atoms with van der Waals surface area (Å²) in [6.45, 7) is 8.54. The number of carbonyl (C=O) groups excluding carboxylic acids is 7. The molecule has 3 fully saturated rings. The van der Waals surface area contributed by atoms with E-state index >= 15 is 0 Å². The van der Waals surface area contributed by atoms with Gasteiger partial charge in [0.05, 0.1) is 6.04 Å². The van der Waals surface area contributed by atoms with Crippen LogP contribution in [0, 0.1) is 17.8 Å². The van der Waals surface area contributed by atoms with Crippen LogP contribution in [0.3, 0.4) is 0 Å². The molecule has 1 aromatic carbocycles. The number of nitrogens with zero attached hydrogens (tertiary/aromatic N) is 2. The van der Waals surface area contributed by atoms with Crippen molar-refractivity contribution in [3.8, 4) is 5.75 Å². The quantitative estimate of drug-likeness (QED) is 0.0495. The van der Waals surface area contributed by atoms with E-state index in [-0.39, 0.29) is 42.9 Å². The second-order valence-electron chi connectivity index (χ2n) is 18.8. The maximum absolute atomic E-state index is 14.7. The van der Waals surface area contributed by atoms with Gasteiger partial charge in [-0.2, -0.15) is 0 Å². The van der Waals surface area contributed by atoms with Crippen LogP contribution >= 0.6 is 0 Å². The highest BCUT2D eigenvalue weighted by molar-refractivity contribution is 5.97. The van der Waals surface area contributed by atoms with Gasteiger partial charge in [-0.05, 0) is 93.4 Å². The van der Waals surface area contributed by atoms with E-state index in [4.69, 9.17) is 22.9 Å². The van der Waals surface area contributed by atoms with Crippen molar-refractivity contribution >= 4 is 41.4 Å². The van der Waals surface area contributed by atoms with Crippen LogP contribution in [0.15, 0.2) is 24.3 Å². The highest BCUT2D eigenvalue weighted by atomic mass is 16.3. The zero-order valence-electron chi connectivity index (χ0n) is 38.9. The first-order chi connectivity index (χ1) is 30.9. The zero-order valence-corrected chi connectivity index (χ0v) is 38.9. The van der Waals surface area contributed by atoms with E-state index in [2.05, 4.69) is 26.6 Å². The molecule has 0 bridgehead atoms. The molecule has 0 spiro atoms. The van der Waals surface area contributed by atoms with E-state index in [9.17, 15) is 38.7 Å². The molecule has 364 valence electrons. The fraction of sp³-hybridized carbons (Fsp3) is 0.717. The number of amides is 7. The molecule has 7 amide bonds. The van der Waals surface area contributed by atoms with E-state index in [1.165, 1.54) is 21.9 Å². The number of nitrogens with one attached hydrogen (secondary N) is 5. The Kier molecular flexibility index (Phi) is 20.9. The summed E-state index contributed by atoms with van der Waals surface area (Å²) in [6.07, 6.45) is 7.77. The Morgan fingerprint density at radius 1 is 0.723 bits per heavy atom. The van der Waals surface area contributed by atoms with E-state index in [1.807, 2.05) is 27.7 Å². The smallest absolute Gasteiger partial charge is 0.246 e. The molecule has 0 aromatic heterocycles. The average molecular weight is 912 g/mol. The van der Waals surface area contributed by atoms with Gasteiger partial charge in [0.15, 0.2) is 0 Å². The first-order valence-corrected chi connectivity index (χ1v) is 23.8. The van der Waals surface area contributed by atoms with Crippen LogP contribution in [0.2, 0.25) is 0 Å². The molecule has 0 radical (unpaired) electrons. The monoisotopic (exact) mass is 912 g/mol. The summed E-state index contributed by atoms with van der Waals surface area (Å²) in [7, 11) is 0. The second kappa shape index (κ2) is 25.7. The van der Waals surface area contributed by atoms with Gasteiger partial charge in [-0.3, -0.25) is 38.9 Å². The molecule has 4 rings (SSSR count). The number of rotatable bonds is 24. The largest absolute Gasteiger partial charge is 0.508 e. The lowest BCUT2D eigenvalue weighted by Gasteiger charge is -2.34. The van der Waals surface area contributed by atoms with Crippen molar-refractivity contribution in [3.05, 3.63) is 29.8 Å². The van der Waals surface area contributed by atoms with Gasteiger partial charge in [0.2, 0.25) is 41.4 Å². The summed E-state index contributed by atoms with van der Waals surface area (Å²) in [6, 6.07) is -0.555. The third kappa shape index (κ3) is 15.9. The molecule has 19 heteroatoms. The highest BCUT2D eigenvalue weighted by Crippen LogP contribution is 2.28. The summed E-state index contributed by atoms with van der Waals surface area (Å²) in [4.78, 5) is 100.0. The average Bonchev–Trinajstić information content (AvgIpc) is 3.98. The molecule has 2 saturated heterocycles. The number of phenols is 1. The fourth-order valence-electron chi connectivity index (χ4n) is 9.28. The Hall–Kier alpha value is -4.85. The number of phenolic OH excluding ortho intramolecular Hbond substituents is 1. The third-order valence-electron chi connectivity index (χ3n) is 13.1. The zero-order chi connectivity index (χ0) is 47.8. The number of hydrogen-bond acceptors (Lipinski definition) is 12. The second-order valence-corrected chi connectivity index (χ2v) is 18.8. The van der Waals surface area contributed by atoms with Gasteiger partial charge in [-0.25, -0.2) is 0 Å². The maximum atomic E-state index is 14.7. The van der Waals surface area contributed by atoms with Gasteiger partial charge < -0.3 is 59.1 Å². The Morgan fingerprint density at radius 2 is 1.32 bits per heavy atom. The number of aromatic hydroxyl groups is 1. The topological polar surface area (TPSA) is 310 Å². The number of primary amides is 1. The van der Waals surface area contributed by atoms with Crippen LogP contribution in [-0.2, 0) is 40.0 Å². The van der Waals surface area contributed by atoms with E-state index in [0.29, 0.717) is 70.0 Å². The predicted molar refractivity (Wildman–Crippen MR) is 246 cm³/mol. The molecule has 2 heterocycles. The van der Waals surface area contributed by atoms with E-state index < -0.39 is 89.9 Å². The minimum Gasteiger partial charge on any atom is -0.508 e. The van der Waals surface area contributed by atoms with Crippen LogP contribution < -0.4 is 49.5 Å². The van der Waals surface area contributed by atoms with Gasteiger partial charge >= 0.3 is 0 Å². The first-order valence-electron chi connectivity index (χ1n) is 23.8. The highest BCUT2D eigenvalue weighted by Gasteiger charge is 2.43. The van der Waals surface area contributed by atoms with Crippen LogP contribution in [0.25, 0.3) is 0 Å². The molecule has 2 aliphatic heterocycles. The fourth-order valence-corrected chi connectivity index (χ4v) is 9.28. The van der Waals surface area contributed by atoms with E-state index in [0.717, 1.165) is 32.1 Å². The third-order valence-corrected chi connectivity index (χ3v) is 13.1. The van der Waals surface area contributed by atoms with Crippen LogP contribution in [0.5, 0.6) is 5.75 Å². The molecule has 65 heavy (non-hydrogen) atoms. The minimum absolute atomic E-state index is 0.0441. The van der Waals surface area contributed by atoms with E-state index in [1.54, 1.807) is 12.1 Å². The minimum atomic E-state index is -1.11. The Balaban J connectivity index is 1.56. The SMILES string of the molecule is CC[C@H](C)[C@H](NC(=O)[C@H](CC1CCCCC1)NC(=O)[C@H](Cc1ccc(O)cc1)NC(=O)[C@@H](N)CC(C)C)C(=O)N1CCC[C@H]1C(=O)N[C@@H](CCCNC(N)N)C(=O)N1CCC[C@H]1C(N)=O. The van der Waals surface area contributed by atoms with Crippen molar-refractivity contribution < 1.29 is 38.7 Å². The molecule has 19 nitrogen and oxygen atoms in total. The van der Waals surface area contributed by atoms with Gasteiger partial charge in [0.25, 0.3) is 0 Å². The molecule has 1 aliphatic carbocycles. The number of likely N-dealkylation sites (tertiary alicyclic amines) is 2. The van der Waals surface area contributed by atoms with Gasteiger partial charge in [0, 0.05) is 19.5 Å². The summed E-state index contributed by atoms with van der Waals surface area (Å²) >= 11 is 0. The van der Waals surface area contributed by atoms with Crippen molar-refractivity contribution in [3.63, 3.8) is 0 Å². The Morgan fingerprint density at radius 3 is 1.92 bits per heavy atom. The van der Waals surface area contributed by atoms with Gasteiger partial charge in [-0.15, -0.1) is 0 Å². The summed E-state index contributed by atoms with van der Waals surface area (Å²) < 4.78 is 0. The van der Waals surface area contributed by atoms with Gasteiger partial charge in [0.1, 0.15) is 48.3 Å². The van der Waals surface area contributed by atoms with Gasteiger partial charge in [-0.1, -0.05) is 78.4 Å². The van der Waals surface area contributed by atoms with Crippen LogP contribution in [0.4, 0.5) is 0 Å². The molecule has 0 unspecified atom stereocenters. The summed E-state index contributed by atoms with van der Waals surface area (Å²) in [5.74, 6) is -3.77. The lowest BCUT2D eigenvalue weighted by Crippen LogP contribution is -2.61. The lowest BCUT2D eigenvalue weighted by atomic mass is 9.84. The van der Waals surface area contributed by atoms with Crippen molar-refractivity contribution in [2.24, 2.45) is 40.7 Å². The summed E-state index contributed by atoms with van der Waals surface area (Å²) in [5.41, 5.74) is 23.8. The number of benzene rings is 1. The Bertz CT molecular complexity index is 1760. The van der Waals surface area contributed by atoms with Crippen molar-refractivity contribution in [1.82, 2.24) is 36.4 Å². The van der Waals surface area contributed by atoms with Crippen molar-refractivity contribution in [2.45, 2.75) is 173 Å². The molecule has 3 aliphatic rings. The molecule has 14 N–H and O–H groups in total. The lowest BCUT2D eigenvalue weighted by molar-refractivity contribution is -0.145. The molecular weight excluding hydrogens is 835 g/mol. The predicted octanol–water partition coefficient (Wildman–Crippen LogP) is 0.302. The number of carbonyl (C=O) groups is 7. The molecule has 1 saturated carbocycles. The molecular formula is C46H77N11O8. The molecule has 1 aromatic rings. The molecule has 8 atom stereocenters. The summed E-state index contributed by atoms with van der Waals surface area (Å²) in [5, 5.41) is 24.4. The van der Waals surface area contributed by atoms with Crippen molar-refractivity contribution in [1.29, 1.82) is 0 Å². The number of nitrogens with two attached hydrogens (primary N) is 4. The normalized spacial score (nSPS) is 20.7. The standard InChI is InChI=1S/C46H77N11O8/c1-5-28(4)38(45(65)57-23-11-16-37(57)43(63)52-33(14-9-21-51-46(49)50)44(64)56-22-10-15-36(56)39(48)59)55-42(62)35(25-29-12-7-6-8-13-29)54-41(61)34(26-30-17-19-31(58)20-18-30)53-40(60)32(47)24-27(2)3/h17-20,27-29,32-38,46,51,58H,5-16,21-26,47,49-50H2,1-4H3,(H2,48,59)(H,52,63)(H,53,60)(H,54,61)(H,55,62)/t28-,32-,33-,34-,35-,36-,37-,38-/m0/s1. The Labute approximate surface area is 384 Å². The van der Waals surface area contributed by atoms with Crippen LogP contribution in [-0.4, -0.2) is 124 Å². The van der Waals surface area contributed by atoms with Crippen molar-refractivity contribution in [2.75, 3.05) is 19.6 Å². The maximum Gasteiger partial charge on any atom is 0.246 e. The van der Waals surface area contributed by atoms with Crippen LogP contribution in [0.1, 0.15) is 123 Å². The first kappa shape index (κ1) is 52.8. The number of hydrogen-bond donors (Lipinski definition) is 10.